The number of sulfonamides is 1. The molecule has 2 aromatic rings. The van der Waals surface area contributed by atoms with E-state index in [-0.39, 0.29) is 27.4 Å². The second-order valence-corrected chi connectivity index (χ2v) is 11.4. The Bertz CT molecular complexity index is 1200. The molecule has 0 saturated heterocycles. The molecule has 0 aromatic heterocycles. The number of anilines is 1. The van der Waals surface area contributed by atoms with Crippen LogP contribution in [0.4, 0.5) is 5.69 Å². The molecule has 1 saturated carbocycles. The lowest BCUT2D eigenvalue weighted by Gasteiger charge is -2.34. The van der Waals surface area contributed by atoms with Crippen LogP contribution in [0.25, 0.3) is 0 Å². The maximum absolute atomic E-state index is 13.4. The van der Waals surface area contributed by atoms with Crippen molar-refractivity contribution in [2.45, 2.75) is 50.5 Å². The summed E-state index contributed by atoms with van der Waals surface area (Å²) < 4.78 is 33.2. The minimum atomic E-state index is -3.99. The first-order chi connectivity index (χ1) is 16.2. The molecule has 2 aliphatic rings. The molecule has 3 atom stereocenters. The highest BCUT2D eigenvalue weighted by molar-refractivity contribution is 7.93. The van der Waals surface area contributed by atoms with Gasteiger partial charge in [0.15, 0.2) is 6.61 Å². The standard InChI is InChI=1S/C25H29ClN2O5S/c1-16-6-5-8-21(17(16)2)27-24(29)15-33-25(30)19-10-11-20(26)23(14-19)34(31,32)28-13-12-18-7-3-4-9-22(18)28/h3-4,7,9-11,14,16-17,21H,5-6,8,12-13,15H2,1-2H3,(H,27,29). The molecule has 182 valence electrons. The zero-order valence-electron chi connectivity index (χ0n) is 19.3. The number of halogens is 1. The molecule has 1 heterocycles. The van der Waals surface area contributed by atoms with Crippen molar-refractivity contribution in [3.63, 3.8) is 0 Å². The van der Waals surface area contributed by atoms with Gasteiger partial charge in [-0.3, -0.25) is 9.10 Å². The second-order valence-electron chi connectivity index (χ2n) is 9.12. The van der Waals surface area contributed by atoms with Crippen LogP contribution in [-0.2, 0) is 26.0 Å². The van der Waals surface area contributed by atoms with Gasteiger partial charge in [-0.1, -0.05) is 56.5 Å². The van der Waals surface area contributed by atoms with Gasteiger partial charge in [-0.15, -0.1) is 0 Å². The zero-order valence-corrected chi connectivity index (χ0v) is 20.9. The molecule has 1 aliphatic heterocycles. The summed E-state index contributed by atoms with van der Waals surface area (Å²) in [5.41, 5.74) is 1.56. The fourth-order valence-electron chi connectivity index (χ4n) is 4.75. The van der Waals surface area contributed by atoms with Crippen molar-refractivity contribution in [3.05, 3.63) is 58.6 Å². The van der Waals surface area contributed by atoms with E-state index < -0.39 is 22.6 Å². The number of nitrogens with zero attached hydrogens (tertiary/aromatic N) is 1. The first-order valence-corrected chi connectivity index (χ1v) is 13.4. The lowest BCUT2D eigenvalue weighted by Crippen LogP contribution is -2.45. The minimum Gasteiger partial charge on any atom is -0.452 e. The fraction of sp³-hybridized carbons (Fsp3) is 0.440. The van der Waals surface area contributed by atoms with E-state index in [0.717, 1.165) is 24.8 Å². The molecule has 4 rings (SSSR count). The highest BCUT2D eigenvalue weighted by Crippen LogP contribution is 2.35. The Balaban J connectivity index is 1.44. The van der Waals surface area contributed by atoms with Crippen molar-refractivity contribution >= 4 is 39.2 Å². The molecule has 1 fully saturated rings. The molecular formula is C25H29ClN2O5S. The summed E-state index contributed by atoms with van der Waals surface area (Å²) in [7, 11) is -3.99. The number of nitrogens with one attached hydrogen (secondary N) is 1. The Morgan fingerprint density at radius 3 is 2.71 bits per heavy atom. The molecule has 9 heteroatoms. The topological polar surface area (TPSA) is 92.8 Å². The molecule has 1 amide bonds. The Morgan fingerprint density at radius 2 is 1.91 bits per heavy atom. The first-order valence-electron chi connectivity index (χ1n) is 11.5. The third-order valence-corrected chi connectivity index (χ3v) is 9.26. The number of carbonyl (C=O) groups is 2. The molecular weight excluding hydrogens is 476 g/mol. The molecule has 0 radical (unpaired) electrons. The van der Waals surface area contributed by atoms with Gasteiger partial charge in [0, 0.05) is 12.6 Å². The summed E-state index contributed by atoms with van der Waals surface area (Å²) in [6, 6.07) is 11.3. The van der Waals surface area contributed by atoms with Crippen molar-refractivity contribution in [3.8, 4) is 0 Å². The van der Waals surface area contributed by atoms with Crippen LogP contribution in [0.1, 0.15) is 49.0 Å². The average molecular weight is 505 g/mol. The van der Waals surface area contributed by atoms with E-state index in [9.17, 15) is 18.0 Å². The van der Waals surface area contributed by atoms with E-state index in [2.05, 4.69) is 19.2 Å². The van der Waals surface area contributed by atoms with Gasteiger partial charge in [-0.25, -0.2) is 13.2 Å². The summed E-state index contributed by atoms with van der Waals surface area (Å²) in [6.07, 6.45) is 3.71. The SMILES string of the molecule is CC1CCCC(NC(=O)COC(=O)c2ccc(Cl)c(S(=O)(=O)N3CCc4ccccc43)c2)C1C. The number of para-hydroxylation sites is 1. The van der Waals surface area contributed by atoms with Crippen LogP contribution < -0.4 is 9.62 Å². The van der Waals surface area contributed by atoms with Crippen molar-refractivity contribution in [2.75, 3.05) is 17.5 Å². The van der Waals surface area contributed by atoms with E-state index in [4.69, 9.17) is 16.3 Å². The van der Waals surface area contributed by atoms with Gasteiger partial charge >= 0.3 is 5.97 Å². The van der Waals surface area contributed by atoms with Crippen LogP contribution in [0.2, 0.25) is 5.02 Å². The van der Waals surface area contributed by atoms with Gasteiger partial charge in [0.25, 0.3) is 15.9 Å². The summed E-state index contributed by atoms with van der Waals surface area (Å²) in [4.78, 5) is 24.8. The normalized spacial score (nSPS) is 22.2. The third kappa shape index (κ3) is 4.93. The number of amides is 1. The highest BCUT2D eigenvalue weighted by atomic mass is 35.5. The van der Waals surface area contributed by atoms with Crippen molar-refractivity contribution in [1.82, 2.24) is 5.32 Å². The number of rotatable bonds is 6. The predicted molar refractivity (Wildman–Crippen MR) is 131 cm³/mol. The molecule has 3 unspecified atom stereocenters. The first kappa shape index (κ1) is 24.5. The monoisotopic (exact) mass is 504 g/mol. The largest absolute Gasteiger partial charge is 0.452 e. The van der Waals surface area contributed by atoms with Crippen LogP contribution in [0.3, 0.4) is 0 Å². The van der Waals surface area contributed by atoms with E-state index in [1.54, 1.807) is 12.1 Å². The summed E-state index contributed by atoms with van der Waals surface area (Å²) in [5.74, 6) is -0.267. The Morgan fingerprint density at radius 1 is 1.15 bits per heavy atom. The molecule has 1 N–H and O–H groups in total. The number of benzene rings is 2. The second kappa shape index (κ2) is 9.96. The molecule has 34 heavy (non-hydrogen) atoms. The molecule has 2 aromatic carbocycles. The van der Waals surface area contributed by atoms with E-state index in [1.807, 2.05) is 12.1 Å². The lowest BCUT2D eigenvalue weighted by molar-refractivity contribution is -0.125. The summed E-state index contributed by atoms with van der Waals surface area (Å²) in [6.45, 7) is 4.16. The van der Waals surface area contributed by atoms with Crippen LogP contribution >= 0.6 is 11.6 Å². The number of fused-ring (bicyclic) bond motifs is 1. The number of ether oxygens (including phenoxy) is 1. The maximum atomic E-state index is 13.4. The number of hydrogen-bond acceptors (Lipinski definition) is 5. The number of carbonyl (C=O) groups excluding carboxylic acids is 2. The van der Waals surface area contributed by atoms with Crippen LogP contribution in [-0.4, -0.2) is 39.5 Å². The number of hydrogen-bond donors (Lipinski definition) is 1. The van der Waals surface area contributed by atoms with Crippen molar-refractivity contribution in [2.24, 2.45) is 11.8 Å². The number of esters is 1. The third-order valence-electron chi connectivity index (χ3n) is 6.97. The molecule has 0 spiro atoms. The molecule has 1 aliphatic carbocycles. The van der Waals surface area contributed by atoms with Gasteiger partial charge in [0.05, 0.1) is 16.3 Å². The predicted octanol–water partition coefficient (Wildman–Crippen LogP) is 4.19. The lowest BCUT2D eigenvalue weighted by atomic mass is 9.78. The minimum absolute atomic E-state index is 0.0130. The summed E-state index contributed by atoms with van der Waals surface area (Å²) >= 11 is 6.23. The van der Waals surface area contributed by atoms with Crippen LogP contribution in [0, 0.1) is 11.8 Å². The van der Waals surface area contributed by atoms with Gasteiger partial charge in [-0.2, -0.15) is 0 Å². The Labute approximate surface area is 205 Å². The smallest absolute Gasteiger partial charge is 0.338 e. The van der Waals surface area contributed by atoms with Gasteiger partial charge in [-0.05, 0) is 54.5 Å². The van der Waals surface area contributed by atoms with Crippen molar-refractivity contribution in [1.29, 1.82) is 0 Å². The van der Waals surface area contributed by atoms with Crippen LogP contribution in [0.5, 0.6) is 0 Å². The van der Waals surface area contributed by atoms with Gasteiger partial charge < -0.3 is 10.1 Å². The van der Waals surface area contributed by atoms with E-state index >= 15 is 0 Å². The quantitative estimate of drug-likeness (QED) is 0.595. The Hall–Kier alpha value is -2.58. The van der Waals surface area contributed by atoms with Crippen LogP contribution in [0.15, 0.2) is 47.4 Å². The zero-order chi connectivity index (χ0) is 24.5. The summed E-state index contributed by atoms with van der Waals surface area (Å²) in [5, 5.41) is 2.97. The van der Waals surface area contributed by atoms with Gasteiger partial charge in [0.1, 0.15) is 4.90 Å². The van der Waals surface area contributed by atoms with Crippen molar-refractivity contribution < 1.29 is 22.7 Å². The Kier molecular flexibility index (Phi) is 7.19. The van der Waals surface area contributed by atoms with E-state index in [0.29, 0.717) is 30.5 Å². The molecule has 0 bridgehead atoms. The average Bonchev–Trinajstić information content (AvgIpc) is 3.26. The molecule has 7 nitrogen and oxygen atoms in total. The maximum Gasteiger partial charge on any atom is 0.338 e. The highest BCUT2D eigenvalue weighted by Gasteiger charge is 2.33. The fourth-order valence-corrected chi connectivity index (χ4v) is 6.76. The van der Waals surface area contributed by atoms with Gasteiger partial charge in [0.2, 0.25) is 0 Å². The van der Waals surface area contributed by atoms with E-state index in [1.165, 1.54) is 22.5 Å².